The van der Waals surface area contributed by atoms with Crippen molar-refractivity contribution in [1.29, 1.82) is 0 Å². The Labute approximate surface area is 112 Å². The van der Waals surface area contributed by atoms with Gasteiger partial charge in [0, 0.05) is 17.5 Å². The first kappa shape index (κ1) is 11.2. The van der Waals surface area contributed by atoms with Crippen LogP contribution in [0.15, 0.2) is 36.4 Å². The van der Waals surface area contributed by atoms with E-state index in [0.717, 1.165) is 24.2 Å². The van der Waals surface area contributed by atoms with Gasteiger partial charge in [0.15, 0.2) is 0 Å². The number of piperidine rings is 1. The second-order valence-corrected chi connectivity index (χ2v) is 5.78. The lowest BCUT2D eigenvalue weighted by Gasteiger charge is -2.38. The van der Waals surface area contributed by atoms with Crippen LogP contribution < -0.4 is 4.90 Å². The van der Waals surface area contributed by atoms with Gasteiger partial charge >= 0.3 is 0 Å². The van der Waals surface area contributed by atoms with Gasteiger partial charge in [-0.05, 0) is 43.9 Å². The highest BCUT2D eigenvalue weighted by Gasteiger charge is 2.40. The van der Waals surface area contributed by atoms with Crippen LogP contribution in [-0.4, -0.2) is 28.3 Å². The van der Waals surface area contributed by atoms with E-state index in [9.17, 15) is 5.11 Å². The van der Waals surface area contributed by atoms with Gasteiger partial charge in [-0.3, -0.25) is 0 Å². The van der Waals surface area contributed by atoms with Gasteiger partial charge in [0.05, 0.1) is 11.6 Å². The third-order valence-corrected chi connectivity index (χ3v) is 4.56. The SMILES string of the molecule is OC1CC2CCC(C1)N2c1ccc2ccccc2n1. The first-order valence-corrected chi connectivity index (χ1v) is 7.13. The Morgan fingerprint density at radius 3 is 2.53 bits per heavy atom. The van der Waals surface area contributed by atoms with Crippen LogP contribution in [0.25, 0.3) is 10.9 Å². The van der Waals surface area contributed by atoms with Crippen LogP contribution in [0.4, 0.5) is 5.82 Å². The van der Waals surface area contributed by atoms with Gasteiger partial charge < -0.3 is 10.0 Å². The van der Waals surface area contributed by atoms with Crippen LogP contribution in [0.1, 0.15) is 25.7 Å². The predicted molar refractivity (Wildman–Crippen MR) is 76.3 cm³/mol. The number of aliphatic hydroxyl groups is 1. The molecule has 0 radical (unpaired) electrons. The Hall–Kier alpha value is -1.61. The summed E-state index contributed by atoms with van der Waals surface area (Å²) in [7, 11) is 0. The number of nitrogens with zero attached hydrogens (tertiary/aromatic N) is 2. The van der Waals surface area contributed by atoms with Crippen molar-refractivity contribution in [1.82, 2.24) is 4.98 Å². The van der Waals surface area contributed by atoms with E-state index in [2.05, 4.69) is 29.2 Å². The number of aromatic nitrogens is 1. The maximum absolute atomic E-state index is 9.88. The molecule has 1 aromatic heterocycles. The largest absolute Gasteiger partial charge is 0.393 e. The number of rotatable bonds is 1. The lowest BCUT2D eigenvalue weighted by atomic mass is 10.00. The number of aliphatic hydroxyl groups excluding tert-OH is 1. The molecule has 2 unspecified atom stereocenters. The van der Waals surface area contributed by atoms with Gasteiger partial charge in [0.25, 0.3) is 0 Å². The van der Waals surface area contributed by atoms with Gasteiger partial charge in [0.1, 0.15) is 5.82 Å². The quantitative estimate of drug-likeness (QED) is 0.850. The van der Waals surface area contributed by atoms with E-state index in [1.165, 1.54) is 18.2 Å². The van der Waals surface area contributed by atoms with Crippen LogP contribution in [0.3, 0.4) is 0 Å². The topological polar surface area (TPSA) is 36.4 Å². The summed E-state index contributed by atoms with van der Waals surface area (Å²) in [5.74, 6) is 1.08. The molecule has 2 aliphatic rings. The van der Waals surface area contributed by atoms with E-state index in [0.29, 0.717) is 12.1 Å². The molecule has 0 amide bonds. The molecule has 1 aromatic carbocycles. The molecule has 0 aliphatic carbocycles. The average molecular weight is 254 g/mol. The summed E-state index contributed by atoms with van der Waals surface area (Å²) in [6, 6.07) is 13.5. The Balaban J connectivity index is 1.74. The van der Waals surface area contributed by atoms with Crippen molar-refractivity contribution in [2.75, 3.05) is 4.90 Å². The van der Waals surface area contributed by atoms with Crippen molar-refractivity contribution in [2.24, 2.45) is 0 Å². The molecule has 0 saturated carbocycles. The molecule has 0 spiro atoms. The first-order chi connectivity index (χ1) is 9.31. The molecule has 2 aromatic rings. The van der Waals surface area contributed by atoms with Crippen molar-refractivity contribution in [3.05, 3.63) is 36.4 Å². The number of anilines is 1. The third kappa shape index (κ3) is 1.80. The molecule has 2 atom stereocenters. The van der Waals surface area contributed by atoms with Crippen molar-refractivity contribution in [3.63, 3.8) is 0 Å². The van der Waals surface area contributed by atoms with E-state index in [1.54, 1.807) is 0 Å². The molecule has 2 saturated heterocycles. The van der Waals surface area contributed by atoms with E-state index < -0.39 is 0 Å². The summed E-state index contributed by atoms with van der Waals surface area (Å²) >= 11 is 0. The molecule has 98 valence electrons. The summed E-state index contributed by atoms with van der Waals surface area (Å²) in [5.41, 5.74) is 1.06. The molecular weight excluding hydrogens is 236 g/mol. The molecule has 3 heteroatoms. The van der Waals surface area contributed by atoms with Crippen LogP contribution in [0.5, 0.6) is 0 Å². The minimum Gasteiger partial charge on any atom is -0.393 e. The van der Waals surface area contributed by atoms with Gasteiger partial charge in [-0.25, -0.2) is 4.98 Å². The standard InChI is InChI=1S/C16H18N2O/c19-14-9-12-6-7-13(10-14)18(12)16-8-5-11-3-1-2-4-15(11)17-16/h1-5,8,12-14,19H,6-7,9-10H2. The van der Waals surface area contributed by atoms with Gasteiger partial charge in [0.2, 0.25) is 0 Å². The second-order valence-electron chi connectivity index (χ2n) is 5.78. The monoisotopic (exact) mass is 254 g/mol. The second kappa shape index (κ2) is 4.20. The normalized spacial score (nSPS) is 29.9. The van der Waals surface area contributed by atoms with Gasteiger partial charge in [-0.2, -0.15) is 0 Å². The average Bonchev–Trinajstić information content (AvgIpc) is 2.70. The van der Waals surface area contributed by atoms with Crippen LogP contribution in [0.2, 0.25) is 0 Å². The molecule has 2 fully saturated rings. The highest BCUT2D eigenvalue weighted by atomic mass is 16.3. The Kier molecular flexibility index (Phi) is 2.49. The molecule has 3 heterocycles. The zero-order valence-corrected chi connectivity index (χ0v) is 10.9. The number of hydrogen-bond acceptors (Lipinski definition) is 3. The molecule has 3 nitrogen and oxygen atoms in total. The molecule has 2 bridgehead atoms. The van der Waals surface area contributed by atoms with Gasteiger partial charge in [-0.15, -0.1) is 0 Å². The number of pyridine rings is 1. The summed E-state index contributed by atoms with van der Waals surface area (Å²) in [6.45, 7) is 0. The van der Waals surface area contributed by atoms with E-state index in [4.69, 9.17) is 4.98 Å². The van der Waals surface area contributed by atoms with Crippen LogP contribution >= 0.6 is 0 Å². The Morgan fingerprint density at radius 1 is 1.00 bits per heavy atom. The summed E-state index contributed by atoms with van der Waals surface area (Å²) in [4.78, 5) is 7.25. The maximum Gasteiger partial charge on any atom is 0.129 e. The van der Waals surface area contributed by atoms with Crippen molar-refractivity contribution in [3.8, 4) is 0 Å². The van der Waals surface area contributed by atoms with Crippen LogP contribution in [-0.2, 0) is 0 Å². The van der Waals surface area contributed by atoms with Crippen LogP contribution in [0, 0.1) is 0 Å². The zero-order chi connectivity index (χ0) is 12.8. The predicted octanol–water partition coefficient (Wildman–Crippen LogP) is 2.73. The minimum atomic E-state index is -0.116. The third-order valence-electron chi connectivity index (χ3n) is 4.56. The van der Waals surface area contributed by atoms with E-state index in [1.807, 2.05) is 12.1 Å². The minimum absolute atomic E-state index is 0.116. The number of fused-ring (bicyclic) bond motifs is 3. The number of para-hydroxylation sites is 1. The van der Waals surface area contributed by atoms with Crippen molar-refractivity contribution >= 4 is 16.7 Å². The van der Waals surface area contributed by atoms with Crippen molar-refractivity contribution < 1.29 is 5.11 Å². The number of benzene rings is 1. The summed E-state index contributed by atoms with van der Waals surface area (Å²) < 4.78 is 0. The van der Waals surface area contributed by atoms with Gasteiger partial charge in [-0.1, -0.05) is 18.2 Å². The highest BCUT2D eigenvalue weighted by molar-refractivity contribution is 5.80. The van der Waals surface area contributed by atoms with Crippen molar-refractivity contribution in [2.45, 2.75) is 43.9 Å². The smallest absolute Gasteiger partial charge is 0.129 e. The Morgan fingerprint density at radius 2 is 1.74 bits per heavy atom. The van der Waals surface area contributed by atoms with E-state index in [-0.39, 0.29) is 6.10 Å². The fourth-order valence-corrected chi connectivity index (χ4v) is 3.72. The molecule has 2 aliphatic heterocycles. The Bertz CT molecular complexity index is 598. The molecule has 1 N–H and O–H groups in total. The zero-order valence-electron chi connectivity index (χ0n) is 10.9. The first-order valence-electron chi connectivity index (χ1n) is 7.13. The summed E-state index contributed by atoms with van der Waals surface area (Å²) in [6.07, 6.45) is 4.05. The molecule has 4 rings (SSSR count). The molecular formula is C16H18N2O. The summed E-state index contributed by atoms with van der Waals surface area (Å²) in [5, 5.41) is 11.1. The number of hydrogen-bond donors (Lipinski definition) is 1. The lowest BCUT2D eigenvalue weighted by Crippen LogP contribution is -2.45. The lowest BCUT2D eigenvalue weighted by molar-refractivity contribution is 0.126. The van der Waals surface area contributed by atoms with E-state index >= 15 is 0 Å². The highest BCUT2D eigenvalue weighted by Crippen LogP contribution is 2.38. The maximum atomic E-state index is 9.88. The fourth-order valence-electron chi connectivity index (χ4n) is 3.72. The fraction of sp³-hybridized carbons (Fsp3) is 0.438. The molecule has 19 heavy (non-hydrogen) atoms.